The Morgan fingerprint density at radius 2 is 1.94 bits per heavy atom. The van der Waals surface area contributed by atoms with Crippen molar-refractivity contribution in [3.05, 3.63) is 51.9 Å². The Morgan fingerprint density at radius 1 is 1.25 bits per heavy atom. The molecule has 192 valence electrons. The monoisotopic (exact) mass is 511 g/mol. The minimum Gasteiger partial charge on any atom is -0.477 e. The van der Waals surface area contributed by atoms with Crippen LogP contribution < -0.4 is 21.7 Å². The number of nitrogens with one attached hydrogen (secondary N) is 1. The van der Waals surface area contributed by atoms with Gasteiger partial charge in [-0.15, -0.1) is 11.3 Å². The maximum atomic E-state index is 11.6. The number of anilines is 2. The zero-order chi connectivity index (χ0) is 25.8. The zero-order valence-corrected chi connectivity index (χ0v) is 21.2. The Labute approximate surface area is 214 Å². The summed E-state index contributed by atoms with van der Waals surface area (Å²) < 4.78 is 0. The van der Waals surface area contributed by atoms with E-state index in [1.165, 1.54) is 0 Å². The third-order valence-electron chi connectivity index (χ3n) is 6.65. The van der Waals surface area contributed by atoms with Gasteiger partial charge in [-0.1, -0.05) is 25.5 Å². The van der Waals surface area contributed by atoms with Gasteiger partial charge in [0.25, 0.3) is 0 Å². The summed E-state index contributed by atoms with van der Waals surface area (Å²) in [6.45, 7) is 4.21. The molecule has 2 aromatic heterocycles. The van der Waals surface area contributed by atoms with Crippen LogP contribution in [-0.4, -0.2) is 58.9 Å². The van der Waals surface area contributed by atoms with Gasteiger partial charge in [-0.3, -0.25) is 4.79 Å². The summed E-state index contributed by atoms with van der Waals surface area (Å²) in [5.41, 5.74) is 14.2. The number of carboxylic acids is 1. The average Bonchev–Trinajstić information content (AvgIpc) is 3.20. The van der Waals surface area contributed by atoms with E-state index in [0.29, 0.717) is 35.1 Å². The second-order valence-corrected chi connectivity index (χ2v) is 10.3. The predicted molar refractivity (Wildman–Crippen MR) is 143 cm³/mol. The number of thiophene rings is 1. The van der Waals surface area contributed by atoms with Crippen molar-refractivity contribution in [2.75, 3.05) is 30.3 Å². The molecule has 1 aliphatic heterocycles. The van der Waals surface area contributed by atoms with Gasteiger partial charge in [-0.05, 0) is 55.0 Å². The van der Waals surface area contributed by atoms with Gasteiger partial charge in [0.2, 0.25) is 5.91 Å². The number of nitrogens with zero attached hydrogens (tertiary/aromatic N) is 2. The van der Waals surface area contributed by atoms with Gasteiger partial charge in [0.05, 0.1) is 11.8 Å². The van der Waals surface area contributed by atoms with Gasteiger partial charge >= 0.3 is 5.97 Å². The molecule has 3 aromatic rings. The van der Waals surface area contributed by atoms with E-state index in [1.807, 2.05) is 12.1 Å². The fourth-order valence-corrected chi connectivity index (χ4v) is 5.71. The lowest BCUT2D eigenvalue weighted by atomic mass is 10.0. The third kappa shape index (κ3) is 5.77. The van der Waals surface area contributed by atoms with Crippen LogP contribution >= 0.6 is 11.3 Å². The van der Waals surface area contributed by atoms with Gasteiger partial charge < -0.3 is 31.9 Å². The summed E-state index contributed by atoms with van der Waals surface area (Å²) in [6, 6.07) is 9.35. The first kappa shape index (κ1) is 25.9. The van der Waals surface area contributed by atoms with E-state index in [9.17, 15) is 19.8 Å². The topological polar surface area (TPSA) is 155 Å². The van der Waals surface area contributed by atoms with Crippen molar-refractivity contribution in [1.82, 2.24) is 10.3 Å². The van der Waals surface area contributed by atoms with Crippen molar-refractivity contribution in [2.45, 2.75) is 51.2 Å². The van der Waals surface area contributed by atoms with Gasteiger partial charge in [0.1, 0.15) is 15.5 Å². The first-order valence-corrected chi connectivity index (χ1v) is 13.1. The van der Waals surface area contributed by atoms with E-state index in [4.69, 9.17) is 16.5 Å². The molecule has 0 bridgehead atoms. The highest BCUT2D eigenvalue weighted by atomic mass is 32.1. The summed E-state index contributed by atoms with van der Waals surface area (Å²) in [6.07, 6.45) is 3.53. The molecule has 4 rings (SSSR count). The van der Waals surface area contributed by atoms with E-state index in [0.717, 1.165) is 72.4 Å². The summed E-state index contributed by atoms with van der Waals surface area (Å²) in [4.78, 5) is 30.6. The fourth-order valence-electron chi connectivity index (χ4n) is 4.74. The first-order valence-electron chi connectivity index (χ1n) is 12.3. The number of aromatic carboxylic acids is 1. The van der Waals surface area contributed by atoms with E-state index in [-0.39, 0.29) is 4.88 Å². The molecule has 3 heterocycles. The molecule has 0 radical (unpaired) electrons. The van der Waals surface area contributed by atoms with Crippen molar-refractivity contribution in [1.29, 1.82) is 0 Å². The molecule has 0 saturated carbocycles. The summed E-state index contributed by atoms with van der Waals surface area (Å²) >= 11 is 1.14. The molecule has 1 aromatic carbocycles. The highest BCUT2D eigenvalue weighted by molar-refractivity contribution is 7.21. The van der Waals surface area contributed by atoms with Gasteiger partial charge in [0, 0.05) is 36.6 Å². The summed E-state index contributed by atoms with van der Waals surface area (Å²) in [5, 5.41) is 24.2. The molecule has 0 spiro atoms. The number of carboxylic acid groups (broad SMARTS) is 1. The van der Waals surface area contributed by atoms with Gasteiger partial charge in [-0.2, -0.15) is 0 Å². The Balaban J connectivity index is 1.34. The minimum absolute atomic E-state index is 0.150. The number of fused-ring (bicyclic) bond motifs is 1. The molecule has 36 heavy (non-hydrogen) atoms. The zero-order valence-electron chi connectivity index (χ0n) is 20.4. The standard InChI is InChI=1S/C26H33N5O4S/c1-2-3-17-13-20(30-25-21(17)22(27)23(36-25)26(34)35)31-10-8-18(9-11-31)29-14-19(32)12-15-4-6-16(7-5-15)24(28)33/h4-7,13,18-19,29,32H,2-3,8-12,14,27H2,1H3,(H2,28,33)(H,34,35). The summed E-state index contributed by atoms with van der Waals surface area (Å²) in [7, 11) is 0. The number of primary amides is 1. The van der Waals surface area contributed by atoms with Crippen LogP contribution in [0.25, 0.3) is 10.2 Å². The van der Waals surface area contributed by atoms with Crippen molar-refractivity contribution in [3.8, 4) is 0 Å². The number of aliphatic hydroxyl groups is 1. The lowest BCUT2D eigenvalue weighted by Crippen LogP contribution is -2.45. The first-order chi connectivity index (χ1) is 17.3. The van der Waals surface area contributed by atoms with Crippen LogP contribution in [0.5, 0.6) is 0 Å². The molecular weight excluding hydrogens is 478 g/mol. The van der Waals surface area contributed by atoms with Crippen molar-refractivity contribution in [2.24, 2.45) is 5.73 Å². The number of benzene rings is 1. The molecule has 1 saturated heterocycles. The van der Waals surface area contributed by atoms with Crippen LogP contribution in [0.4, 0.5) is 11.5 Å². The molecule has 7 N–H and O–H groups in total. The quantitative estimate of drug-likeness (QED) is 0.278. The maximum Gasteiger partial charge on any atom is 0.348 e. The highest BCUT2D eigenvalue weighted by Crippen LogP contribution is 2.37. The third-order valence-corrected chi connectivity index (χ3v) is 7.74. The number of carbonyl (C=O) groups excluding carboxylic acids is 1. The Kier molecular flexibility index (Phi) is 8.07. The van der Waals surface area contributed by atoms with Crippen LogP contribution in [0.3, 0.4) is 0 Å². The molecule has 1 aliphatic rings. The molecule has 0 aliphatic carbocycles. The molecule has 1 fully saturated rings. The lowest BCUT2D eigenvalue weighted by molar-refractivity contribution is 0.0703. The SMILES string of the molecule is CCCc1cc(N2CCC(NCC(O)Cc3ccc(C(N)=O)cc3)CC2)nc2sc(C(=O)O)c(N)c12. The molecule has 10 heteroatoms. The number of hydrogen-bond donors (Lipinski definition) is 5. The number of aliphatic hydroxyl groups excluding tert-OH is 1. The van der Waals surface area contributed by atoms with Crippen LogP contribution in [0, 0.1) is 0 Å². The number of carbonyl (C=O) groups is 2. The van der Waals surface area contributed by atoms with Crippen molar-refractivity contribution in [3.63, 3.8) is 0 Å². The van der Waals surface area contributed by atoms with E-state index < -0.39 is 18.0 Å². The van der Waals surface area contributed by atoms with Crippen molar-refractivity contribution < 1.29 is 19.8 Å². The number of pyridine rings is 1. The fraction of sp³-hybridized carbons (Fsp3) is 0.423. The van der Waals surface area contributed by atoms with Crippen LogP contribution in [0.2, 0.25) is 0 Å². The van der Waals surface area contributed by atoms with E-state index in [2.05, 4.69) is 23.2 Å². The second kappa shape index (κ2) is 11.2. The largest absolute Gasteiger partial charge is 0.477 e. The van der Waals surface area contributed by atoms with Crippen LogP contribution in [-0.2, 0) is 12.8 Å². The van der Waals surface area contributed by atoms with E-state index in [1.54, 1.807) is 12.1 Å². The van der Waals surface area contributed by atoms with Crippen LogP contribution in [0.15, 0.2) is 30.3 Å². The second-order valence-electron chi connectivity index (χ2n) is 9.31. The molecule has 1 amide bonds. The number of amides is 1. The predicted octanol–water partition coefficient (Wildman–Crippen LogP) is 2.79. The van der Waals surface area contributed by atoms with E-state index >= 15 is 0 Å². The highest BCUT2D eigenvalue weighted by Gasteiger charge is 2.24. The minimum atomic E-state index is -1.02. The number of aromatic nitrogens is 1. The smallest absolute Gasteiger partial charge is 0.348 e. The number of rotatable bonds is 10. The normalized spacial score (nSPS) is 15.3. The van der Waals surface area contributed by atoms with Gasteiger partial charge in [0.15, 0.2) is 0 Å². The molecule has 9 nitrogen and oxygen atoms in total. The average molecular weight is 512 g/mol. The van der Waals surface area contributed by atoms with Gasteiger partial charge in [-0.25, -0.2) is 9.78 Å². The molecule has 1 atom stereocenters. The molecule has 1 unspecified atom stereocenters. The number of aryl methyl sites for hydroxylation is 1. The van der Waals surface area contributed by atoms with Crippen molar-refractivity contribution >= 4 is 44.9 Å². The molecular formula is C26H33N5O4S. The maximum absolute atomic E-state index is 11.6. The lowest BCUT2D eigenvalue weighted by Gasteiger charge is -2.34. The number of piperidine rings is 1. The Morgan fingerprint density at radius 3 is 2.56 bits per heavy atom. The Hall–Kier alpha value is -3.21. The van der Waals surface area contributed by atoms with Crippen LogP contribution in [0.1, 0.15) is 57.3 Å². The number of nitrogen functional groups attached to an aromatic ring is 1. The Bertz CT molecular complexity index is 1240. The number of hydrogen-bond acceptors (Lipinski definition) is 8. The summed E-state index contributed by atoms with van der Waals surface area (Å²) in [5.74, 6) is -0.616. The number of nitrogens with two attached hydrogens (primary N) is 2.